The van der Waals surface area contributed by atoms with E-state index in [0.717, 1.165) is 0 Å². The predicted octanol–water partition coefficient (Wildman–Crippen LogP) is 3.00. The van der Waals surface area contributed by atoms with Gasteiger partial charge in [-0.2, -0.15) is 5.26 Å². The molecule has 6 nitrogen and oxygen atoms in total. The summed E-state index contributed by atoms with van der Waals surface area (Å²) in [5.74, 6) is -0.207. The Morgan fingerprint density at radius 2 is 2.00 bits per heavy atom. The number of carbonyl (C=O) groups excluding carboxylic acids is 1. The van der Waals surface area contributed by atoms with E-state index in [9.17, 15) is 14.9 Å². The number of nitro benzene ring substituents is 1. The second kappa shape index (κ2) is 6.06. The van der Waals surface area contributed by atoms with Gasteiger partial charge in [0.25, 0.3) is 5.69 Å². The zero-order chi connectivity index (χ0) is 16.3. The van der Waals surface area contributed by atoms with E-state index in [2.05, 4.69) is 12.6 Å². The summed E-state index contributed by atoms with van der Waals surface area (Å²) in [6.45, 7) is 5.21. The molecule has 0 spiro atoms. The first-order valence-corrected chi connectivity index (χ1v) is 6.46. The third-order valence-corrected chi connectivity index (χ3v) is 3.37. The van der Waals surface area contributed by atoms with E-state index in [-0.39, 0.29) is 11.5 Å². The van der Waals surface area contributed by atoms with Crippen LogP contribution in [0.4, 0.5) is 5.69 Å². The summed E-state index contributed by atoms with van der Waals surface area (Å²) in [4.78, 5) is 22.0. The molecule has 2 rings (SSSR count). The van der Waals surface area contributed by atoms with Crippen LogP contribution in [0.2, 0.25) is 0 Å². The largest absolute Gasteiger partial charge is 0.328 e. The third-order valence-electron chi connectivity index (χ3n) is 3.37. The number of allylic oxidation sites excluding steroid dienone is 1. The van der Waals surface area contributed by atoms with Gasteiger partial charge in [-0.05, 0) is 36.8 Å². The Kier molecular flexibility index (Phi) is 4.18. The standard InChI is InChI=1S/C16H13N3O3/c1-11(12(2)20)16(18-9-3-4-15(18)10-17)13-5-7-14(8-6-13)19(21)22/h3-9,16H,1H2,2H3/t16-/m0/s1. The second-order valence-electron chi connectivity index (χ2n) is 4.75. The zero-order valence-electron chi connectivity index (χ0n) is 11.9. The van der Waals surface area contributed by atoms with Crippen molar-refractivity contribution in [3.05, 3.63) is 76.1 Å². The van der Waals surface area contributed by atoms with Gasteiger partial charge in [-0.15, -0.1) is 0 Å². The number of aromatic nitrogens is 1. The molecule has 22 heavy (non-hydrogen) atoms. The zero-order valence-corrected chi connectivity index (χ0v) is 11.9. The van der Waals surface area contributed by atoms with Crippen molar-refractivity contribution in [3.63, 3.8) is 0 Å². The SMILES string of the molecule is C=C(C(C)=O)[C@@H](c1ccc([N+](=O)[O-])cc1)n1cccc1C#N. The van der Waals surface area contributed by atoms with Gasteiger partial charge in [0.2, 0.25) is 0 Å². The van der Waals surface area contributed by atoms with Gasteiger partial charge >= 0.3 is 0 Å². The molecule has 1 aromatic heterocycles. The van der Waals surface area contributed by atoms with Crippen LogP contribution in [-0.4, -0.2) is 15.3 Å². The first kappa shape index (κ1) is 15.2. The highest BCUT2D eigenvalue weighted by Gasteiger charge is 2.22. The first-order valence-electron chi connectivity index (χ1n) is 6.46. The Morgan fingerprint density at radius 1 is 1.36 bits per heavy atom. The number of nitrogens with zero attached hydrogens (tertiary/aromatic N) is 3. The minimum absolute atomic E-state index is 0.0380. The number of ketones is 1. The molecular weight excluding hydrogens is 282 g/mol. The van der Waals surface area contributed by atoms with Crippen LogP contribution in [0.15, 0.2) is 54.7 Å². The van der Waals surface area contributed by atoms with Crippen LogP contribution in [0.1, 0.15) is 24.2 Å². The van der Waals surface area contributed by atoms with Gasteiger partial charge in [0, 0.05) is 23.9 Å². The van der Waals surface area contributed by atoms with E-state index in [1.807, 2.05) is 0 Å². The van der Waals surface area contributed by atoms with Crippen LogP contribution in [0, 0.1) is 21.4 Å². The van der Waals surface area contributed by atoms with E-state index in [0.29, 0.717) is 16.8 Å². The highest BCUT2D eigenvalue weighted by atomic mass is 16.6. The molecule has 0 N–H and O–H groups in total. The van der Waals surface area contributed by atoms with Crippen molar-refractivity contribution in [2.45, 2.75) is 13.0 Å². The van der Waals surface area contributed by atoms with Gasteiger partial charge in [-0.3, -0.25) is 14.9 Å². The number of carbonyl (C=O) groups is 1. The average Bonchev–Trinajstić information content (AvgIpc) is 2.96. The summed E-state index contributed by atoms with van der Waals surface area (Å²) in [6.07, 6.45) is 1.68. The maximum atomic E-state index is 11.7. The summed E-state index contributed by atoms with van der Waals surface area (Å²) in [7, 11) is 0. The lowest BCUT2D eigenvalue weighted by molar-refractivity contribution is -0.384. The number of nitro groups is 1. The van der Waals surface area contributed by atoms with Gasteiger partial charge in [0.05, 0.1) is 11.0 Å². The quantitative estimate of drug-likeness (QED) is 0.482. The van der Waals surface area contributed by atoms with Crippen molar-refractivity contribution in [2.24, 2.45) is 0 Å². The Bertz CT molecular complexity index is 782. The van der Waals surface area contributed by atoms with Crippen molar-refractivity contribution in [3.8, 4) is 6.07 Å². The molecule has 1 heterocycles. The van der Waals surface area contributed by atoms with Crippen LogP contribution >= 0.6 is 0 Å². The van der Waals surface area contributed by atoms with Crippen LogP contribution < -0.4 is 0 Å². The fourth-order valence-electron chi connectivity index (χ4n) is 2.21. The third kappa shape index (κ3) is 2.79. The topological polar surface area (TPSA) is 88.9 Å². The molecular formula is C16H13N3O3. The van der Waals surface area contributed by atoms with Gasteiger partial charge in [0.1, 0.15) is 11.8 Å². The van der Waals surface area contributed by atoms with Gasteiger partial charge in [0.15, 0.2) is 5.78 Å². The van der Waals surface area contributed by atoms with E-state index in [1.165, 1.54) is 19.1 Å². The summed E-state index contributed by atoms with van der Waals surface area (Å²) < 4.78 is 1.63. The van der Waals surface area contributed by atoms with Crippen molar-refractivity contribution >= 4 is 11.5 Å². The molecule has 0 radical (unpaired) electrons. The number of hydrogen-bond acceptors (Lipinski definition) is 4. The van der Waals surface area contributed by atoms with Crippen LogP contribution in [-0.2, 0) is 4.79 Å². The molecule has 6 heteroatoms. The smallest absolute Gasteiger partial charge is 0.269 e. The molecule has 0 unspecified atom stereocenters. The fourth-order valence-corrected chi connectivity index (χ4v) is 2.21. The maximum absolute atomic E-state index is 11.7. The minimum atomic E-state index is -0.567. The maximum Gasteiger partial charge on any atom is 0.269 e. The molecule has 0 bridgehead atoms. The Hall–Kier alpha value is -3.20. The number of Topliss-reactive ketones (excluding diaryl/α,β-unsaturated/α-hetero) is 1. The number of rotatable bonds is 5. The summed E-state index contributed by atoms with van der Waals surface area (Å²) in [5.41, 5.74) is 1.30. The molecule has 0 saturated heterocycles. The lowest BCUT2D eigenvalue weighted by Crippen LogP contribution is -2.17. The van der Waals surface area contributed by atoms with Crippen molar-refractivity contribution in [2.75, 3.05) is 0 Å². The van der Waals surface area contributed by atoms with E-state index >= 15 is 0 Å². The molecule has 0 saturated carbocycles. The monoisotopic (exact) mass is 295 g/mol. The summed E-state index contributed by atoms with van der Waals surface area (Å²) >= 11 is 0. The summed E-state index contributed by atoms with van der Waals surface area (Å²) in [6, 6.07) is 10.7. The molecule has 0 amide bonds. The molecule has 2 aromatic rings. The molecule has 0 fully saturated rings. The van der Waals surface area contributed by atoms with Crippen LogP contribution in [0.3, 0.4) is 0 Å². The Balaban J connectivity index is 2.54. The highest BCUT2D eigenvalue weighted by molar-refractivity contribution is 5.94. The number of nitriles is 1. The number of non-ortho nitro benzene ring substituents is 1. The molecule has 1 aromatic carbocycles. The van der Waals surface area contributed by atoms with E-state index in [4.69, 9.17) is 5.26 Å². The minimum Gasteiger partial charge on any atom is -0.328 e. The molecule has 0 aliphatic rings. The van der Waals surface area contributed by atoms with E-state index < -0.39 is 11.0 Å². The average molecular weight is 295 g/mol. The van der Waals surface area contributed by atoms with Crippen LogP contribution in [0.25, 0.3) is 0 Å². The molecule has 0 aliphatic heterocycles. The first-order chi connectivity index (χ1) is 10.5. The van der Waals surface area contributed by atoms with Gasteiger partial charge in [-0.1, -0.05) is 6.58 Å². The Morgan fingerprint density at radius 3 is 2.50 bits per heavy atom. The second-order valence-corrected chi connectivity index (χ2v) is 4.75. The number of benzene rings is 1. The lowest BCUT2D eigenvalue weighted by Gasteiger charge is -2.21. The fraction of sp³-hybridized carbons (Fsp3) is 0.125. The van der Waals surface area contributed by atoms with Crippen molar-refractivity contribution in [1.82, 2.24) is 4.57 Å². The highest BCUT2D eigenvalue weighted by Crippen LogP contribution is 2.29. The predicted molar refractivity (Wildman–Crippen MR) is 80.2 cm³/mol. The Labute approximate surface area is 127 Å². The normalized spacial score (nSPS) is 11.5. The van der Waals surface area contributed by atoms with Crippen molar-refractivity contribution in [1.29, 1.82) is 5.26 Å². The van der Waals surface area contributed by atoms with Gasteiger partial charge < -0.3 is 4.57 Å². The van der Waals surface area contributed by atoms with Crippen molar-refractivity contribution < 1.29 is 9.72 Å². The van der Waals surface area contributed by atoms with Gasteiger partial charge in [-0.25, -0.2) is 0 Å². The van der Waals surface area contributed by atoms with Crippen LogP contribution in [0.5, 0.6) is 0 Å². The van der Waals surface area contributed by atoms with E-state index in [1.54, 1.807) is 35.0 Å². The lowest BCUT2D eigenvalue weighted by atomic mass is 9.96. The molecule has 110 valence electrons. The molecule has 1 atom stereocenters. The summed E-state index contributed by atoms with van der Waals surface area (Å²) in [5, 5.41) is 19.9. The number of hydrogen-bond donors (Lipinski definition) is 0. The molecule has 0 aliphatic carbocycles.